The molecular formula is C23H27ClF3N7O. The van der Waals surface area contributed by atoms with E-state index in [2.05, 4.69) is 19.9 Å². The number of carbonyl (C=O) groups is 1. The third-order valence-electron chi connectivity index (χ3n) is 6.71. The molecule has 0 bridgehead atoms. The Kier molecular flexibility index (Phi) is 7.56. The minimum absolute atomic E-state index is 0.0315. The van der Waals surface area contributed by atoms with Crippen LogP contribution >= 0.6 is 11.6 Å². The summed E-state index contributed by atoms with van der Waals surface area (Å²) in [6.45, 7) is 3.34. The number of anilines is 1. The third-order valence-corrected chi connectivity index (χ3v) is 6.99. The third kappa shape index (κ3) is 6.07. The second-order valence-corrected chi connectivity index (χ2v) is 9.47. The van der Waals surface area contributed by atoms with Crippen LogP contribution in [-0.4, -0.2) is 62.5 Å². The van der Waals surface area contributed by atoms with E-state index in [0.29, 0.717) is 32.1 Å². The van der Waals surface area contributed by atoms with E-state index in [1.54, 1.807) is 12.4 Å². The van der Waals surface area contributed by atoms with Crippen LogP contribution in [0.1, 0.15) is 42.5 Å². The van der Waals surface area contributed by atoms with Crippen LogP contribution in [0.5, 0.6) is 0 Å². The molecule has 0 atom stereocenters. The van der Waals surface area contributed by atoms with Crippen molar-refractivity contribution in [2.75, 3.05) is 31.9 Å². The molecule has 0 saturated carbocycles. The topological polar surface area (TPSA) is 112 Å². The molecule has 35 heavy (non-hydrogen) atoms. The lowest BCUT2D eigenvalue weighted by Crippen LogP contribution is -2.46. The largest absolute Gasteiger partial charge is 0.417 e. The number of aromatic nitrogens is 3. The van der Waals surface area contributed by atoms with Gasteiger partial charge in [0.1, 0.15) is 5.69 Å². The molecule has 2 aromatic rings. The molecule has 2 aromatic heterocycles. The van der Waals surface area contributed by atoms with E-state index in [9.17, 15) is 18.0 Å². The van der Waals surface area contributed by atoms with Gasteiger partial charge in [0.05, 0.1) is 16.3 Å². The van der Waals surface area contributed by atoms with Crippen molar-refractivity contribution in [3.8, 4) is 0 Å². The number of nitrogen functional groups attached to an aromatic ring is 1. The summed E-state index contributed by atoms with van der Waals surface area (Å²) in [5.74, 6) is 0.146. The maximum Gasteiger partial charge on any atom is 0.417 e. The van der Waals surface area contributed by atoms with Crippen LogP contribution in [0.4, 0.5) is 19.1 Å². The number of nitrogens with one attached hydrogen (secondary N) is 1. The molecule has 8 nitrogen and oxygen atoms in total. The van der Waals surface area contributed by atoms with Crippen molar-refractivity contribution in [1.82, 2.24) is 24.8 Å². The maximum atomic E-state index is 13.1. The van der Waals surface area contributed by atoms with Crippen molar-refractivity contribution in [2.45, 2.75) is 38.4 Å². The monoisotopic (exact) mass is 509 g/mol. The molecule has 4 rings (SSSR count). The zero-order valence-electron chi connectivity index (χ0n) is 19.1. The van der Waals surface area contributed by atoms with E-state index >= 15 is 0 Å². The number of nitrogens with two attached hydrogens (primary N) is 1. The summed E-state index contributed by atoms with van der Waals surface area (Å²) in [7, 11) is 0. The fourth-order valence-corrected chi connectivity index (χ4v) is 4.94. The van der Waals surface area contributed by atoms with Crippen LogP contribution in [0.2, 0.25) is 5.02 Å². The zero-order valence-corrected chi connectivity index (χ0v) is 19.8. The highest BCUT2D eigenvalue weighted by Gasteiger charge is 2.34. The van der Waals surface area contributed by atoms with E-state index in [4.69, 9.17) is 22.7 Å². The molecule has 2 fully saturated rings. The van der Waals surface area contributed by atoms with Gasteiger partial charge in [-0.3, -0.25) is 14.7 Å². The summed E-state index contributed by atoms with van der Waals surface area (Å²) in [4.78, 5) is 29.0. The molecule has 2 aliphatic rings. The molecule has 3 N–H and O–H groups in total. The SMILES string of the molecule is N=C(c1ncc(C(F)(F)F)cc1Cl)C1CCN(C(=O)C2CCN(Cc3cnc(N)nc3)CC2)CC1. The Morgan fingerprint density at radius 1 is 1.03 bits per heavy atom. The Balaban J connectivity index is 1.26. The fourth-order valence-electron chi connectivity index (χ4n) is 4.67. The maximum absolute atomic E-state index is 13.1. The Morgan fingerprint density at radius 2 is 1.63 bits per heavy atom. The summed E-state index contributed by atoms with van der Waals surface area (Å²) in [6, 6.07) is 0.809. The van der Waals surface area contributed by atoms with Gasteiger partial charge in [0.25, 0.3) is 0 Å². The standard InChI is InChI=1S/C23H27ClF3N7O/c24-18-9-17(23(25,26)27)12-30-20(18)19(28)15-3-7-34(8-4-15)21(35)16-1-5-33(6-2-16)13-14-10-31-22(29)32-11-14/h9-12,15-16,28H,1-8,13H2,(H2,29,31,32). The predicted molar refractivity (Wildman–Crippen MR) is 125 cm³/mol. The molecule has 2 aliphatic heterocycles. The number of piperidine rings is 2. The van der Waals surface area contributed by atoms with Crippen molar-refractivity contribution < 1.29 is 18.0 Å². The minimum atomic E-state index is -4.54. The number of rotatable bonds is 5. The summed E-state index contributed by atoms with van der Waals surface area (Å²) >= 11 is 6.02. The van der Waals surface area contributed by atoms with Gasteiger partial charge in [-0.1, -0.05) is 11.6 Å². The second kappa shape index (κ2) is 10.4. The van der Waals surface area contributed by atoms with Crippen LogP contribution in [0, 0.1) is 17.2 Å². The highest BCUT2D eigenvalue weighted by atomic mass is 35.5. The lowest BCUT2D eigenvalue weighted by atomic mass is 9.88. The average Bonchev–Trinajstić information content (AvgIpc) is 2.84. The molecule has 0 spiro atoms. The first-order chi connectivity index (χ1) is 16.6. The Morgan fingerprint density at radius 3 is 2.20 bits per heavy atom. The van der Waals surface area contributed by atoms with Gasteiger partial charge >= 0.3 is 6.18 Å². The second-order valence-electron chi connectivity index (χ2n) is 9.07. The van der Waals surface area contributed by atoms with Crippen molar-refractivity contribution in [3.63, 3.8) is 0 Å². The Labute approximate surface area is 206 Å². The predicted octanol–water partition coefficient (Wildman–Crippen LogP) is 3.64. The zero-order chi connectivity index (χ0) is 25.2. The van der Waals surface area contributed by atoms with E-state index in [1.807, 2.05) is 4.90 Å². The van der Waals surface area contributed by atoms with Gasteiger partial charge in [-0.2, -0.15) is 13.2 Å². The first-order valence-corrected chi connectivity index (χ1v) is 11.9. The normalized spacial score (nSPS) is 18.6. The fraction of sp³-hybridized carbons (Fsp3) is 0.522. The summed E-state index contributed by atoms with van der Waals surface area (Å²) in [5, 5.41) is 8.25. The summed E-state index contributed by atoms with van der Waals surface area (Å²) in [6.07, 6.45) is 2.26. The van der Waals surface area contributed by atoms with Gasteiger partial charge in [-0.15, -0.1) is 0 Å². The van der Waals surface area contributed by atoms with Gasteiger partial charge < -0.3 is 16.0 Å². The van der Waals surface area contributed by atoms with Gasteiger partial charge in [-0.05, 0) is 44.8 Å². The summed E-state index contributed by atoms with van der Waals surface area (Å²) < 4.78 is 38.6. The number of nitrogens with zero attached hydrogens (tertiary/aromatic N) is 5. The molecular weight excluding hydrogens is 483 g/mol. The molecule has 0 aliphatic carbocycles. The van der Waals surface area contributed by atoms with Gasteiger partial charge in [0.15, 0.2) is 0 Å². The molecule has 0 aromatic carbocycles. The number of pyridine rings is 1. The van der Waals surface area contributed by atoms with Crippen LogP contribution in [-0.2, 0) is 17.5 Å². The lowest BCUT2D eigenvalue weighted by molar-refractivity contribution is -0.138. The number of amides is 1. The Bertz CT molecular complexity index is 1060. The molecule has 1 amide bonds. The molecule has 0 radical (unpaired) electrons. The van der Waals surface area contributed by atoms with E-state index < -0.39 is 11.7 Å². The van der Waals surface area contributed by atoms with Crippen molar-refractivity contribution in [1.29, 1.82) is 5.41 Å². The number of carbonyl (C=O) groups excluding carboxylic acids is 1. The number of alkyl halides is 3. The van der Waals surface area contributed by atoms with Crippen LogP contribution in [0.25, 0.3) is 0 Å². The molecule has 2 saturated heterocycles. The first kappa shape index (κ1) is 25.3. The lowest BCUT2D eigenvalue weighted by Gasteiger charge is -2.37. The quantitative estimate of drug-likeness (QED) is 0.595. The first-order valence-electron chi connectivity index (χ1n) is 11.5. The highest BCUT2D eigenvalue weighted by molar-refractivity contribution is 6.33. The number of hydrogen-bond donors (Lipinski definition) is 2. The Hall–Kier alpha value is -2.79. The smallest absolute Gasteiger partial charge is 0.368 e. The number of hydrogen-bond acceptors (Lipinski definition) is 7. The van der Waals surface area contributed by atoms with Crippen LogP contribution in [0.15, 0.2) is 24.7 Å². The van der Waals surface area contributed by atoms with Crippen molar-refractivity contribution in [3.05, 3.63) is 46.5 Å². The molecule has 0 unspecified atom stereocenters. The number of likely N-dealkylation sites (tertiary alicyclic amines) is 2. The molecule has 12 heteroatoms. The van der Waals surface area contributed by atoms with E-state index in [0.717, 1.165) is 44.1 Å². The summed E-state index contributed by atoms with van der Waals surface area (Å²) in [5.41, 5.74) is 5.77. The van der Waals surface area contributed by atoms with Gasteiger partial charge in [0.2, 0.25) is 11.9 Å². The van der Waals surface area contributed by atoms with E-state index in [1.165, 1.54) is 0 Å². The van der Waals surface area contributed by atoms with Crippen molar-refractivity contribution >= 4 is 29.2 Å². The van der Waals surface area contributed by atoms with Gasteiger partial charge in [-0.25, -0.2) is 9.97 Å². The van der Waals surface area contributed by atoms with Crippen LogP contribution < -0.4 is 5.73 Å². The molecule has 188 valence electrons. The minimum Gasteiger partial charge on any atom is -0.368 e. The highest BCUT2D eigenvalue weighted by Crippen LogP contribution is 2.33. The van der Waals surface area contributed by atoms with Gasteiger partial charge in [0, 0.05) is 55.6 Å². The van der Waals surface area contributed by atoms with Crippen molar-refractivity contribution in [2.24, 2.45) is 11.8 Å². The molecule has 4 heterocycles. The number of halogens is 4. The van der Waals surface area contributed by atoms with E-state index in [-0.39, 0.29) is 40.1 Å². The van der Waals surface area contributed by atoms with Crippen LogP contribution in [0.3, 0.4) is 0 Å². The average molecular weight is 510 g/mol.